The molecule has 1 aliphatic rings. The zero-order valence-corrected chi connectivity index (χ0v) is 15.9. The van der Waals surface area contributed by atoms with Crippen LogP contribution in [0.3, 0.4) is 0 Å². The summed E-state index contributed by atoms with van der Waals surface area (Å²) in [6.45, 7) is 4.49. The number of carboxylic acid groups (broad SMARTS) is 1. The van der Waals surface area contributed by atoms with Gasteiger partial charge in [0.2, 0.25) is 5.91 Å². The van der Waals surface area contributed by atoms with Crippen molar-refractivity contribution in [2.24, 2.45) is 5.92 Å². The Morgan fingerprint density at radius 1 is 1.38 bits per heavy atom. The van der Waals surface area contributed by atoms with Crippen LogP contribution in [0.4, 0.5) is 0 Å². The van der Waals surface area contributed by atoms with Gasteiger partial charge in [-0.1, -0.05) is 38.2 Å². The van der Waals surface area contributed by atoms with Gasteiger partial charge in [0, 0.05) is 32.2 Å². The third-order valence-corrected chi connectivity index (χ3v) is 4.44. The van der Waals surface area contributed by atoms with E-state index in [2.05, 4.69) is 11.8 Å². The summed E-state index contributed by atoms with van der Waals surface area (Å²) >= 11 is 0. The standard InChI is InChI=1S/C21H31NO4/c1-3-4-7-10-17(2)19(23)14-12-18-13-15-20(24)22(18)16-9-6-5-8-11-21(25)26/h6,9,12,14,17-19,23H,3,5,8,10-11,13,15-16H2,1-2H3,(H,25,26)/b9-6+,14-12+/t17-,18-,19+/m0/s1. The molecule has 0 unspecified atom stereocenters. The molecule has 0 aliphatic carbocycles. The normalized spacial score (nSPS) is 19.7. The van der Waals surface area contributed by atoms with Gasteiger partial charge < -0.3 is 15.1 Å². The van der Waals surface area contributed by atoms with Crippen molar-refractivity contribution in [2.75, 3.05) is 6.54 Å². The maximum atomic E-state index is 12.0. The predicted molar refractivity (Wildman–Crippen MR) is 102 cm³/mol. The quantitative estimate of drug-likeness (QED) is 0.356. The van der Waals surface area contributed by atoms with E-state index in [9.17, 15) is 14.7 Å². The smallest absolute Gasteiger partial charge is 0.303 e. The lowest BCUT2D eigenvalue weighted by atomic mass is 10.00. The van der Waals surface area contributed by atoms with Crippen molar-refractivity contribution in [2.45, 2.75) is 70.9 Å². The number of nitrogens with zero attached hydrogens (tertiary/aromatic N) is 1. The van der Waals surface area contributed by atoms with Crippen molar-refractivity contribution >= 4 is 11.9 Å². The monoisotopic (exact) mass is 361 g/mol. The first kappa shape index (κ1) is 22.0. The Morgan fingerprint density at radius 2 is 2.15 bits per heavy atom. The number of carbonyl (C=O) groups is 2. The van der Waals surface area contributed by atoms with Crippen molar-refractivity contribution in [1.29, 1.82) is 0 Å². The van der Waals surface area contributed by atoms with Crippen molar-refractivity contribution in [1.82, 2.24) is 4.90 Å². The molecule has 1 rings (SSSR count). The summed E-state index contributed by atoms with van der Waals surface area (Å²) in [5, 5.41) is 18.8. The molecule has 0 saturated carbocycles. The molecule has 3 atom stereocenters. The van der Waals surface area contributed by atoms with Crippen LogP contribution >= 0.6 is 0 Å². The third-order valence-electron chi connectivity index (χ3n) is 4.44. The zero-order valence-electron chi connectivity index (χ0n) is 15.9. The maximum Gasteiger partial charge on any atom is 0.303 e. The zero-order chi connectivity index (χ0) is 19.4. The number of hydrogen-bond acceptors (Lipinski definition) is 3. The molecule has 0 aromatic rings. The molecule has 0 bridgehead atoms. The van der Waals surface area contributed by atoms with E-state index in [1.54, 1.807) is 11.0 Å². The molecule has 26 heavy (non-hydrogen) atoms. The fraction of sp³-hybridized carbons (Fsp3) is 0.619. The van der Waals surface area contributed by atoms with Crippen molar-refractivity contribution < 1.29 is 19.8 Å². The van der Waals surface area contributed by atoms with Crippen molar-refractivity contribution in [3.05, 3.63) is 24.3 Å². The minimum atomic E-state index is -0.785. The van der Waals surface area contributed by atoms with Crippen LogP contribution in [0.25, 0.3) is 0 Å². The largest absolute Gasteiger partial charge is 0.481 e. The maximum absolute atomic E-state index is 12.0. The number of carboxylic acids is 1. The highest BCUT2D eigenvalue weighted by atomic mass is 16.4. The molecule has 144 valence electrons. The summed E-state index contributed by atoms with van der Waals surface area (Å²) < 4.78 is 0. The van der Waals surface area contributed by atoms with Crippen LogP contribution in [0, 0.1) is 17.8 Å². The molecule has 1 amide bonds. The number of likely N-dealkylation sites (tertiary alicyclic amines) is 1. The number of aliphatic hydroxyl groups excluding tert-OH is 1. The number of hydrogen-bond donors (Lipinski definition) is 2. The highest BCUT2D eigenvalue weighted by molar-refractivity contribution is 5.79. The summed E-state index contributed by atoms with van der Waals surface area (Å²) in [7, 11) is 0. The topological polar surface area (TPSA) is 77.8 Å². The third kappa shape index (κ3) is 8.35. The first-order chi connectivity index (χ1) is 12.5. The summed E-state index contributed by atoms with van der Waals surface area (Å²) in [6.07, 6.45) is 11.2. The van der Waals surface area contributed by atoms with Gasteiger partial charge in [-0.15, -0.1) is 11.8 Å². The molecule has 5 nitrogen and oxygen atoms in total. The van der Waals surface area contributed by atoms with Gasteiger partial charge in [0.05, 0.1) is 12.1 Å². The van der Waals surface area contributed by atoms with E-state index in [0.717, 1.165) is 12.8 Å². The van der Waals surface area contributed by atoms with Crippen molar-refractivity contribution in [3.8, 4) is 11.8 Å². The summed E-state index contributed by atoms with van der Waals surface area (Å²) in [6, 6.07) is 0.00902. The molecule has 1 heterocycles. The Balaban J connectivity index is 2.47. The molecule has 0 aromatic heterocycles. The molecule has 5 heteroatoms. The van der Waals surface area contributed by atoms with Gasteiger partial charge in [0.1, 0.15) is 0 Å². The SMILES string of the molecule is CCC#CC[C@H](C)[C@H](O)/C=C/[C@H]1CCC(=O)N1C/C=C/CCCC(=O)O. The van der Waals surface area contributed by atoms with E-state index >= 15 is 0 Å². The minimum Gasteiger partial charge on any atom is -0.481 e. The highest BCUT2D eigenvalue weighted by Gasteiger charge is 2.28. The molecule has 0 radical (unpaired) electrons. The van der Waals surface area contributed by atoms with Gasteiger partial charge in [-0.3, -0.25) is 9.59 Å². The van der Waals surface area contributed by atoms with E-state index < -0.39 is 12.1 Å². The molecule has 1 aliphatic heterocycles. The van der Waals surface area contributed by atoms with Gasteiger partial charge in [-0.2, -0.15) is 0 Å². The summed E-state index contributed by atoms with van der Waals surface area (Å²) in [4.78, 5) is 24.3. The van der Waals surface area contributed by atoms with Gasteiger partial charge in [-0.25, -0.2) is 0 Å². The van der Waals surface area contributed by atoms with Crippen LogP contribution in [0.2, 0.25) is 0 Å². The Labute approximate surface area is 156 Å². The molecular formula is C21H31NO4. The molecular weight excluding hydrogens is 330 g/mol. The molecule has 0 aromatic carbocycles. The van der Waals surface area contributed by atoms with Crippen molar-refractivity contribution in [3.63, 3.8) is 0 Å². The molecule has 2 N–H and O–H groups in total. The Bertz CT molecular complexity index is 570. The van der Waals surface area contributed by atoms with Crippen LogP contribution in [0.15, 0.2) is 24.3 Å². The van der Waals surface area contributed by atoms with Gasteiger partial charge in [-0.05, 0) is 25.2 Å². The van der Waals surface area contributed by atoms with E-state index in [-0.39, 0.29) is 24.3 Å². The van der Waals surface area contributed by atoms with Gasteiger partial charge in [0.15, 0.2) is 0 Å². The van der Waals surface area contributed by atoms with E-state index in [4.69, 9.17) is 5.11 Å². The number of allylic oxidation sites excluding steroid dienone is 1. The Morgan fingerprint density at radius 3 is 2.85 bits per heavy atom. The molecule has 1 saturated heterocycles. The average Bonchev–Trinajstić information content (AvgIpc) is 2.95. The summed E-state index contributed by atoms with van der Waals surface area (Å²) in [5.41, 5.74) is 0. The number of unbranched alkanes of at least 4 members (excludes halogenated alkanes) is 1. The number of amides is 1. The molecule has 0 spiro atoms. The average molecular weight is 361 g/mol. The second-order valence-corrected chi connectivity index (χ2v) is 6.67. The molecule has 1 fully saturated rings. The lowest BCUT2D eigenvalue weighted by Crippen LogP contribution is -2.32. The van der Waals surface area contributed by atoms with E-state index in [1.807, 2.05) is 32.1 Å². The first-order valence-electron chi connectivity index (χ1n) is 9.44. The number of carbonyl (C=O) groups excluding carboxylic acids is 1. The summed E-state index contributed by atoms with van der Waals surface area (Å²) in [5.74, 6) is 5.46. The number of rotatable bonds is 10. The van der Waals surface area contributed by atoms with E-state index in [1.165, 1.54) is 0 Å². The lowest BCUT2D eigenvalue weighted by Gasteiger charge is -2.21. The lowest BCUT2D eigenvalue weighted by molar-refractivity contribution is -0.137. The fourth-order valence-electron chi connectivity index (χ4n) is 2.78. The highest BCUT2D eigenvalue weighted by Crippen LogP contribution is 2.20. The van der Waals surface area contributed by atoms with E-state index in [0.29, 0.717) is 32.2 Å². The second-order valence-electron chi connectivity index (χ2n) is 6.67. The van der Waals surface area contributed by atoms with Gasteiger partial charge >= 0.3 is 5.97 Å². The van der Waals surface area contributed by atoms with Crippen LogP contribution in [0.1, 0.15) is 58.8 Å². The minimum absolute atomic E-state index is 0.00902. The number of aliphatic hydroxyl groups is 1. The first-order valence-corrected chi connectivity index (χ1v) is 9.44. The number of aliphatic carboxylic acids is 1. The second kappa shape index (κ2) is 12.3. The van der Waals surface area contributed by atoms with Gasteiger partial charge in [0.25, 0.3) is 0 Å². The predicted octanol–water partition coefficient (Wildman–Crippen LogP) is 3.15. The van der Waals surface area contributed by atoms with Crippen LogP contribution in [-0.2, 0) is 9.59 Å². The van der Waals surface area contributed by atoms with Crippen LogP contribution in [-0.4, -0.2) is 45.7 Å². The van der Waals surface area contributed by atoms with Crippen LogP contribution in [0.5, 0.6) is 0 Å². The Kier molecular flexibility index (Phi) is 10.4. The fourth-order valence-corrected chi connectivity index (χ4v) is 2.78. The van der Waals surface area contributed by atoms with Crippen LogP contribution < -0.4 is 0 Å². The Hall–Kier alpha value is -2.06.